The molecule has 0 radical (unpaired) electrons. The third-order valence-electron chi connectivity index (χ3n) is 2.94. The number of rotatable bonds is 2. The molecule has 0 heterocycles. The van der Waals surface area contributed by atoms with Crippen molar-refractivity contribution in [1.82, 2.24) is 0 Å². The predicted molar refractivity (Wildman–Crippen MR) is 62.3 cm³/mol. The van der Waals surface area contributed by atoms with Crippen molar-refractivity contribution in [2.75, 3.05) is 0 Å². The molecule has 0 saturated heterocycles. The standard InChI is InChI=1S/C11H13ClO3S/c12-10-3-1-2-4-11(10)16(14,15)9-6-5-8(13)7-9/h1-4,8-9,13H,5-7H2/t8-,9-/m1/s1. The van der Waals surface area contributed by atoms with Crippen molar-refractivity contribution in [3.8, 4) is 0 Å². The van der Waals surface area contributed by atoms with Crippen molar-refractivity contribution < 1.29 is 13.5 Å². The van der Waals surface area contributed by atoms with Gasteiger partial charge in [0.05, 0.1) is 21.3 Å². The van der Waals surface area contributed by atoms with E-state index in [1.807, 2.05) is 0 Å². The average molecular weight is 261 g/mol. The minimum absolute atomic E-state index is 0.177. The molecule has 1 fully saturated rings. The van der Waals surface area contributed by atoms with Crippen molar-refractivity contribution in [3.05, 3.63) is 29.3 Å². The van der Waals surface area contributed by atoms with Crippen LogP contribution in [0, 0.1) is 0 Å². The molecule has 1 saturated carbocycles. The van der Waals surface area contributed by atoms with E-state index in [0.717, 1.165) is 0 Å². The van der Waals surface area contributed by atoms with E-state index in [9.17, 15) is 13.5 Å². The van der Waals surface area contributed by atoms with Gasteiger partial charge < -0.3 is 5.11 Å². The maximum Gasteiger partial charge on any atom is 0.182 e. The fraction of sp³-hybridized carbons (Fsp3) is 0.455. The van der Waals surface area contributed by atoms with E-state index in [1.165, 1.54) is 6.07 Å². The van der Waals surface area contributed by atoms with Crippen molar-refractivity contribution in [2.24, 2.45) is 0 Å². The van der Waals surface area contributed by atoms with Gasteiger partial charge in [-0.3, -0.25) is 0 Å². The molecule has 88 valence electrons. The Kier molecular flexibility index (Phi) is 3.24. The van der Waals surface area contributed by atoms with Crippen LogP contribution in [0.25, 0.3) is 0 Å². The molecule has 0 aliphatic heterocycles. The SMILES string of the molecule is O=S(=O)(c1ccccc1Cl)[C@@H]1CC[C@@H](O)C1. The van der Waals surface area contributed by atoms with Gasteiger partial charge in [0.25, 0.3) is 0 Å². The Labute approximate surface area is 100.0 Å². The fourth-order valence-electron chi connectivity index (χ4n) is 2.05. The summed E-state index contributed by atoms with van der Waals surface area (Å²) in [4.78, 5) is 0.177. The average Bonchev–Trinajstić information content (AvgIpc) is 2.66. The van der Waals surface area contributed by atoms with Crippen LogP contribution >= 0.6 is 11.6 Å². The third kappa shape index (κ3) is 2.10. The van der Waals surface area contributed by atoms with Gasteiger partial charge in [0.1, 0.15) is 0 Å². The van der Waals surface area contributed by atoms with Gasteiger partial charge in [-0.15, -0.1) is 0 Å². The van der Waals surface area contributed by atoms with Crippen LogP contribution in [0.4, 0.5) is 0 Å². The lowest BCUT2D eigenvalue weighted by Crippen LogP contribution is -2.19. The largest absolute Gasteiger partial charge is 0.393 e. The summed E-state index contributed by atoms with van der Waals surface area (Å²) >= 11 is 5.88. The smallest absolute Gasteiger partial charge is 0.182 e. The molecule has 1 aromatic carbocycles. The first kappa shape index (κ1) is 11.9. The molecule has 16 heavy (non-hydrogen) atoms. The van der Waals surface area contributed by atoms with Crippen molar-refractivity contribution in [2.45, 2.75) is 35.5 Å². The number of hydrogen-bond acceptors (Lipinski definition) is 3. The summed E-state index contributed by atoms with van der Waals surface area (Å²) in [5.74, 6) is 0. The fourth-order valence-corrected chi connectivity index (χ4v) is 4.40. The van der Waals surface area contributed by atoms with Crippen LogP contribution in [0.2, 0.25) is 5.02 Å². The van der Waals surface area contributed by atoms with Gasteiger partial charge in [-0.25, -0.2) is 8.42 Å². The zero-order valence-corrected chi connectivity index (χ0v) is 10.2. The van der Waals surface area contributed by atoms with Gasteiger partial charge in [0.2, 0.25) is 0 Å². The minimum atomic E-state index is -3.39. The molecule has 1 aliphatic carbocycles. The number of hydrogen-bond donors (Lipinski definition) is 1. The highest BCUT2D eigenvalue weighted by molar-refractivity contribution is 7.92. The first-order valence-corrected chi connectivity index (χ1v) is 7.10. The van der Waals surface area contributed by atoms with E-state index in [2.05, 4.69) is 0 Å². The Balaban J connectivity index is 2.36. The zero-order valence-electron chi connectivity index (χ0n) is 8.64. The highest BCUT2D eigenvalue weighted by Gasteiger charge is 2.35. The Morgan fingerprint density at radius 1 is 1.25 bits per heavy atom. The molecule has 5 heteroatoms. The maximum atomic E-state index is 12.2. The van der Waals surface area contributed by atoms with Gasteiger partial charge in [-0.2, -0.15) is 0 Å². The first-order chi connectivity index (χ1) is 7.51. The molecule has 2 rings (SSSR count). The lowest BCUT2D eigenvalue weighted by atomic mass is 10.3. The molecular formula is C11H13ClO3S. The van der Waals surface area contributed by atoms with Crippen LogP contribution in [0.1, 0.15) is 19.3 Å². The molecule has 0 unspecified atom stereocenters. The van der Waals surface area contributed by atoms with Crippen LogP contribution in [0.15, 0.2) is 29.2 Å². The summed E-state index contributed by atoms with van der Waals surface area (Å²) < 4.78 is 24.4. The minimum Gasteiger partial charge on any atom is -0.393 e. The number of aliphatic hydroxyl groups is 1. The summed E-state index contributed by atoms with van der Waals surface area (Å²) in [6.07, 6.45) is 0.874. The number of aliphatic hydroxyl groups excluding tert-OH is 1. The summed E-state index contributed by atoms with van der Waals surface area (Å²) in [6.45, 7) is 0. The Morgan fingerprint density at radius 3 is 2.50 bits per heavy atom. The summed E-state index contributed by atoms with van der Waals surface area (Å²) in [5, 5.41) is 9.14. The molecule has 0 aromatic heterocycles. The molecule has 0 bridgehead atoms. The van der Waals surface area contributed by atoms with Crippen LogP contribution in [0.3, 0.4) is 0 Å². The van der Waals surface area contributed by atoms with Crippen molar-refractivity contribution in [3.63, 3.8) is 0 Å². The molecule has 1 N–H and O–H groups in total. The molecule has 1 aromatic rings. The summed E-state index contributed by atoms with van der Waals surface area (Å²) in [5.41, 5.74) is 0. The normalized spacial score (nSPS) is 25.9. The lowest BCUT2D eigenvalue weighted by Gasteiger charge is -2.12. The summed E-state index contributed by atoms with van der Waals surface area (Å²) in [7, 11) is -3.39. The van der Waals surface area contributed by atoms with Crippen molar-refractivity contribution in [1.29, 1.82) is 0 Å². The van der Waals surface area contributed by atoms with Gasteiger partial charge in [-0.05, 0) is 31.4 Å². The Hall–Kier alpha value is -0.580. The summed E-state index contributed by atoms with van der Waals surface area (Å²) in [6, 6.07) is 6.44. The Morgan fingerprint density at radius 2 is 1.94 bits per heavy atom. The van der Waals surface area contributed by atoms with E-state index in [4.69, 9.17) is 11.6 Å². The monoisotopic (exact) mass is 260 g/mol. The van der Waals surface area contributed by atoms with Gasteiger partial charge in [0, 0.05) is 0 Å². The van der Waals surface area contributed by atoms with Gasteiger partial charge >= 0.3 is 0 Å². The maximum absolute atomic E-state index is 12.2. The van der Waals surface area contributed by atoms with Crippen LogP contribution in [0.5, 0.6) is 0 Å². The van der Waals surface area contributed by atoms with E-state index in [1.54, 1.807) is 18.2 Å². The molecule has 2 atom stereocenters. The topological polar surface area (TPSA) is 54.4 Å². The second-order valence-electron chi connectivity index (χ2n) is 4.06. The number of benzene rings is 1. The quantitative estimate of drug-likeness (QED) is 0.885. The molecular weight excluding hydrogens is 248 g/mol. The van der Waals surface area contributed by atoms with E-state index in [-0.39, 0.29) is 9.92 Å². The molecule has 1 aliphatic rings. The second-order valence-corrected chi connectivity index (χ2v) is 6.67. The second kappa shape index (κ2) is 4.35. The van der Waals surface area contributed by atoms with Crippen LogP contribution in [-0.2, 0) is 9.84 Å². The predicted octanol–water partition coefficient (Wildman–Crippen LogP) is 2.03. The third-order valence-corrected chi connectivity index (χ3v) is 5.66. The highest BCUT2D eigenvalue weighted by atomic mass is 35.5. The highest BCUT2D eigenvalue weighted by Crippen LogP contribution is 2.32. The molecule has 0 amide bonds. The number of sulfone groups is 1. The molecule has 0 spiro atoms. The van der Waals surface area contributed by atoms with Crippen LogP contribution < -0.4 is 0 Å². The lowest BCUT2D eigenvalue weighted by molar-refractivity contribution is 0.183. The van der Waals surface area contributed by atoms with E-state index in [0.29, 0.717) is 19.3 Å². The van der Waals surface area contributed by atoms with E-state index < -0.39 is 21.2 Å². The Bertz CT molecular complexity index is 484. The van der Waals surface area contributed by atoms with Crippen molar-refractivity contribution >= 4 is 21.4 Å². The number of halogens is 1. The van der Waals surface area contributed by atoms with E-state index >= 15 is 0 Å². The van der Waals surface area contributed by atoms with Gasteiger partial charge in [0.15, 0.2) is 9.84 Å². The van der Waals surface area contributed by atoms with Crippen LogP contribution in [-0.4, -0.2) is 24.9 Å². The zero-order chi connectivity index (χ0) is 11.8. The first-order valence-electron chi connectivity index (χ1n) is 5.18. The molecule has 3 nitrogen and oxygen atoms in total. The van der Waals surface area contributed by atoms with Gasteiger partial charge in [-0.1, -0.05) is 23.7 Å².